The van der Waals surface area contributed by atoms with Crippen molar-refractivity contribution in [3.63, 3.8) is 0 Å². The number of esters is 3. The van der Waals surface area contributed by atoms with Crippen molar-refractivity contribution in [1.82, 2.24) is 0 Å². The minimum Gasteiger partial charge on any atom is -0.456 e. The maximum absolute atomic E-state index is 12.3. The van der Waals surface area contributed by atoms with E-state index in [1.807, 2.05) is 0 Å². The summed E-state index contributed by atoms with van der Waals surface area (Å²) in [6.45, 7) is 8.22. The highest BCUT2D eigenvalue weighted by atomic mass is 16.8. The molecule has 0 saturated carbocycles. The number of carbonyl (C=O) groups is 3. The molecule has 0 radical (unpaired) electrons. The number of hydrogen-bond donors (Lipinski definition) is 0. The Morgan fingerprint density at radius 2 is 1.80 bits per heavy atom. The lowest BCUT2D eigenvalue weighted by Gasteiger charge is -2.35. The van der Waals surface area contributed by atoms with Crippen molar-refractivity contribution >= 4 is 17.9 Å². The molecule has 2 fully saturated rings. The fourth-order valence-electron chi connectivity index (χ4n) is 2.61. The van der Waals surface area contributed by atoms with Gasteiger partial charge in [0, 0.05) is 19.8 Å². The fraction of sp³-hybridized carbons (Fsp3) is 0.706. The number of rotatable bonds is 3. The number of cyclic esters (lactones) is 2. The van der Waals surface area contributed by atoms with Gasteiger partial charge in [-0.15, -0.1) is 0 Å². The van der Waals surface area contributed by atoms with Crippen LogP contribution in [0.25, 0.3) is 0 Å². The quantitative estimate of drug-likeness (QED) is 0.317. The molecule has 2 rings (SSSR count). The van der Waals surface area contributed by atoms with Gasteiger partial charge in [0.2, 0.25) is 0 Å². The van der Waals surface area contributed by atoms with Crippen LogP contribution in [-0.4, -0.2) is 48.8 Å². The Kier molecular flexibility index (Phi) is 5.40. The van der Waals surface area contributed by atoms with E-state index in [4.69, 9.17) is 23.7 Å². The molecule has 25 heavy (non-hydrogen) atoms. The maximum atomic E-state index is 12.3. The lowest BCUT2D eigenvalue weighted by Crippen LogP contribution is -2.51. The summed E-state index contributed by atoms with van der Waals surface area (Å²) in [7, 11) is 0. The van der Waals surface area contributed by atoms with Gasteiger partial charge in [-0.05, 0) is 20.8 Å². The second kappa shape index (κ2) is 7.02. The van der Waals surface area contributed by atoms with Crippen LogP contribution in [0.5, 0.6) is 0 Å². The lowest BCUT2D eigenvalue weighted by atomic mass is 9.87. The van der Waals surface area contributed by atoms with E-state index in [-0.39, 0.29) is 13.2 Å². The second-order valence-corrected chi connectivity index (χ2v) is 6.60. The summed E-state index contributed by atoms with van der Waals surface area (Å²) in [6.07, 6.45) is -0.705. The maximum Gasteiger partial charge on any atom is 0.384 e. The number of ether oxygens (including phenoxy) is 5. The molecular formula is C17H22O8. The van der Waals surface area contributed by atoms with Crippen molar-refractivity contribution in [3.8, 4) is 11.8 Å². The van der Waals surface area contributed by atoms with E-state index < -0.39 is 47.4 Å². The fourth-order valence-corrected chi connectivity index (χ4v) is 2.61. The van der Waals surface area contributed by atoms with Gasteiger partial charge in [-0.3, -0.25) is 9.59 Å². The summed E-state index contributed by atoms with van der Waals surface area (Å²) in [5.74, 6) is -1.97. The van der Waals surface area contributed by atoms with Crippen LogP contribution in [0.1, 0.15) is 34.6 Å². The summed E-state index contributed by atoms with van der Waals surface area (Å²) >= 11 is 0. The molecule has 0 bridgehead atoms. The third-order valence-electron chi connectivity index (χ3n) is 3.61. The Balaban J connectivity index is 2.30. The minimum absolute atomic E-state index is 0.107. The van der Waals surface area contributed by atoms with Crippen LogP contribution >= 0.6 is 0 Å². The van der Waals surface area contributed by atoms with E-state index in [0.29, 0.717) is 0 Å². The van der Waals surface area contributed by atoms with Crippen LogP contribution in [0, 0.1) is 23.7 Å². The summed E-state index contributed by atoms with van der Waals surface area (Å²) in [5.41, 5.74) is 0. The second-order valence-electron chi connectivity index (χ2n) is 6.60. The molecular weight excluding hydrogens is 332 g/mol. The lowest BCUT2D eigenvalue weighted by molar-refractivity contribution is -0.244. The van der Waals surface area contributed by atoms with Gasteiger partial charge in [0.05, 0.1) is 25.2 Å². The molecule has 0 aromatic rings. The zero-order chi connectivity index (χ0) is 18.8. The first-order valence-corrected chi connectivity index (χ1v) is 8.00. The van der Waals surface area contributed by atoms with E-state index in [2.05, 4.69) is 11.8 Å². The molecule has 0 amide bonds. The Morgan fingerprint density at radius 3 is 2.28 bits per heavy atom. The molecule has 2 aliphatic heterocycles. The van der Waals surface area contributed by atoms with E-state index in [1.165, 1.54) is 13.8 Å². The molecule has 0 aromatic carbocycles. The molecule has 0 N–H and O–H groups in total. The molecule has 0 aliphatic carbocycles. The summed E-state index contributed by atoms with van der Waals surface area (Å²) in [6, 6.07) is 0. The molecule has 2 aliphatic rings. The van der Waals surface area contributed by atoms with Gasteiger partial charge < -0.3 is 23.7 Å². The molecule has 0 spiro atoms. The van der Waals surface area contributed by atoms with Gasteiger partial charge in [-0.2, -0.15) is 0 Å². The Labute approximate surface area is 146 Å². The Morgan fingerprint density at radius 1 is 1.20 bits per heavy atom. The molecule has 2 atom stereocenters. The van der Waals surface area contributed by atoms with Crippen LogP contribution in [-0.2, 0) is 38.1 Å². The van der Waals surface area contributed by atoms with Gasteiger partial charge >= 0.3 is 17.9 Å². The van der Waals surface area contributed by atoms with Crippen molar-refractivity contribution in [3.05, 3.63) is 0 Å². The van der Waals surface area contributed by atoms with Crippen molar-refractivity contribution in [1.29, 1.82) is 0 Å². The first-order chi connectivity index (χ1) is 11.5. The van der Waals surface area contributed by atoms with Crippen molar-refractivity contribution < 1.29 is 38.1 Å². The molecule has 1 unspecified atom stereocenters. The molecule has 8 heteroatoms. The van der Waals surface area contributed by atoms with Gasteiger partial charge in [0.15, 0.2) is 11.7 Å². The van der Waals surface area contributed by atoms with Crippen molar-refractivity contribution in [2.75, 3.05) is 13.2 Å². The zero-order valence-corrected chi connectivity index (χ0v) is 14.9. The molecule has 0 aromatic heterocycles. The van der Waals surface area contributed by atoms with Crippen molar-refractivity contribution in [2.45, 2.75) is 52.3 Å². The normalized spacial score (nSPS) is 26.0. The third kappa shape index (κ3) is 4.71. The van der Waals surface area contributed by atoms with Crippen LogP contribution in [0.15, 0.2) is 0 Å². The first kappa shape index (κ1) is 19.2. The van der Waals surface area contributed by atoms with Crippen LogP contribution in [0.3, 0.4) is 0 Å². The summed E-state index contributed by atoms with van der Waals surface area (Å²) < 4.78 is 26.2. The predicted octanol–water partition coefficient (Wildman–Crippen LogP) is 0.773. The van der Waals surface area contributed by atoms with E-state index in [0.717, 1.165) is 0 Å². The smallest absolute Gasteiger partial charge is 0.384 e. The predicted molar refractivity (Wildman–Crippen MR) is 82.6 cm³/mol. The van der Waals surface area contributed by atoms with E-state index in [1.54, 1.807) is 20.8 Å². The Hall–Kier alpha value is -2.11. The van der Waals surface area contributed by atoms with Crippen molar-refractivity contribution in [2.24, 2.45) is 11.8 Å². The number of hydrogen-bond acceptors (Lipinski definition) is 8. The SMILES string of the molecule is CCOC(=O)C#CC(C1C(=O)OC(C)(C)OC1=O)[C@H]1COC(C)(C)O1. The van der Waals surface area contributed by atoms with E-state index in [9.17, 15) is 14.4 Å². The zero-order valence-electron chi connectivity index (χ0n) is 14.9. The van der Waals surface area contributed by atoms with Crippen LogP contribution < -0.4 is 0 Å². The van der Waals surface area contributed by atoms with Crippen LogP contribution in [0.4, 0.5) is 0 Å². The molecule has 2 heterocycles. The standard InChI is InChI=1S/C17H22O8/c1-6-21-12(18)8-7-10(11-9-22-16(2,3)23-11)13-14(19)24-17(4,5)25-15(13)20/h10-11,13H,6,9H2,1-5H3/t10?,11-/m1/s1. The van der Waals surface area contributed by atoms with Gasteiger partial charge in [-0.25, -0.2) is 4.79 Å². The summed E-state index contributed by atoms with van der Waals surface area (Å²) in [5, 5.41) is 0. The monoisotopic (exact) mass is 354 g/mol. The topological polar surface area (TPSA) is 97.4 Å². The highest BCUT2D eigenvalue weighted by Gasteiger charge is 2.51. The van der Waals surface area contributed by atoms with Gasteiger partial charge in [0.25, 0.3) is 5.79 Å². The van der Waals surface area contributed by atoms with Gasteiger partial charge in [0.1, 0.15) is 0 Å². The molecule has 2 saturated heterocycles. The molecule has 138 valence electrons. The van der Waals surface area contributed by atoms with Gasteiger partial charge in [-0.1, -0.05) is 5.92 Å². The highest BCUT2D eigenvalue weighted by molar-refractivity contribution is 5.98. The Bertz CT molecular complexity index is 604. The molecule has 8 nitrogen and oxygen atoms in total. The average molecular weight is 354 g/mol. The largest absolute Gasteiger partial charge is 0.456 e. The minimum atomic E-state index is -1.35. The third-order valence-corrected chi connectivity index (χ3v) is 3.61. The van der Waals surface area contributed by atoms with Crippen LogP contribution in [0.2, 0.25) is 0 Å². The highest BCUT2D eigenvalue weighted by Crippen LogP contribution is 2.34. The average Bonchev–Trinajstić information content (AvgIpc) is 2.80. The number of carbonyl (C=O) groups excluding carboxylic acids is 3. The summed E-state index contributed by atoms with van der Waals surface area (Å²) in [4.78, 5) is 36.2. The van der Waals surface area contributed by atoms with E-state index >= 15 is 0 Å². The first-order valence-electron chi connectivity index (χ1n) is 8.00.